The number of benzene rings is 1. The van der Waals surface area contributed by atoms with Gasteiger partial charge in [0.1, 0.15) is 5.75 Å². The van der Waals surface area contributed by atoms with Crippen LogP contribution in [0.3, 0.4) is 0 Å². The van der Waals surface area contributed by atoms with E-state index in [1.807, 2.05) is 20.8 Å². The van der Waals surface area contributed by atoms with Gasteiger partial charge in [0.25, 0.3) is 0 Å². The molecule has 0 aliphatic carbocycles. The van der Waals surface area contributed by atoms with E-state index in [0.29, 0.717) is 37.2 Å². The standard InChI is InChI=1S/C17H21F3N2O3.C2H6/c1-4-6-11-13(24-10-5-7-14(23)22(2)3)9-8-12-15(11)25-21-16(12)17(18,19)20;1-2/h8-9H,4-7,10H2,1-3H3;1-2H3. The number of rotatable bonds is 7. The summed E-state index contributed by atoms with van der Waals surface area (Å²) >= 11 is 0. The third-order valence-electron chi connectivity index (χ3n) is 3.76. The maximum atomic E-state index is 13.0. The highest BCUT2D eigenvalue weighted by Crippen LogP contribution is 2.38. The zero-order valence-electron chi connectivity index (χ0n) is 16.4. The molecule has 1 aromatic heterocycles. The first-order chi connectivity index (χ1) is 12.8. The van der Waals surface area contributed by atoms with Crippen LogP contribution >= 0.6 is 0 Å². The van der Waals surface area contributed by atoms with Crippen LogP contribution in [0.2, 0.25) is 0 Å². The zero-order valence-corrected chi connectivity index (χ0v) is 16.4. The molecule has 0 N–H and O–H groups in total. The van der Waals surface area contributed by atoms with Gasteiger partial charge in [0.15, 0.2) is 11.3 Å². The van der Waals surface area contributed by atoms with Crippen molar-refractivity contribution in [3.8, 4) is 5.75 Å². The van der Waals surface area contributed by atoms with Gasteiger partial charge >= 0.3 is 6.18 Å². The summed E-state index contributed by atoms with van der Waals surface area (Å²) in [5.41, 5.74) is -0.346. The molecule has 1 aromatic carbocycles. The number of halogens is 3. The maximum absolute atomic E-state index is 13.0. The van der Waals surface area contributed by atoms with Crippen molar-refractivity contribution in [2.45, 2.75) is 52.6 Å². The number of ether oxygens (including phenoxy) is 1. The van der Waals surface area contributed by atoms with E-state index in [1.165, 1.54) is 17.0 Å². The molecule has 1 amide bonds. The van der Waals surface area contributed by atoms with Crippen LogP contribution < -0.4 is 4.74 Å². The van der Waals surface area contributed by atoms with Crippen molar-refractivity contribution in [3.05, 3.63) is 23.4 Å². The second kappa shape index (κ2) is 10.2. The van der Waals surface area contributed by atoms with Gasteiger partial charge in [-0.3, -0.25) is 4.79 Å². The highest BCUT2D eigenvalue weighted by atomic mass is 19.4. The third-order valence-corrected chi connectivity index (χ3v) is 3.76. The summed E-state index contributed by atoms with van der Waals surface area (Å²) in [5.74, 6) is 0.467. The summed E-state index contributed by atoms with van der Waals surface area (Å²) in [7, 11) is 3.36. The second-order valence-corrected chi connectivity index (χ2v) is 5.94. The van der Waals surface area contributed by atoms with Crippen LogP contribution in [0.1, 0.15) is 51.3 Å². The quantitative estimate of drug-likeness (QED) is 0.621. The average molecular weight is 388 g/mol. The van der Waals surface area contributed by atoms with E-state index in [1.54, 1.807) is 14.1 Å². The van der Waals surface area contributed by atoms with E-state index in [2.05, 4.69) is 5.16 Å². The molecule has 2 rings (SSSR count). The molecule has 2 aromatic rings. The molecule has 0 atom stereocenters. The average Bonchev–Trinajstić information content (AvgIpc) is 3.06. The summed E-state index contributed by atoms with van der Waals surface area (Å²) in [6.45, 7) is 6.21. The Bertz CT molecular complexity index is 740. The number of hydrogen-bond acceptors (Lipinski definition) is 4. The summed E-state index contributed by atoms with van der Waals surface area (Å²) in [4.78, 5) is 13.0. The number of fused-ring (bicyclic) bond motifs is 1. The Balaban J connectivity index is 0.00000176. The molecule has 5 nitrogen and oxygen atoms in total. The minimum atomic E-state index is -4.57. The Labute approximate surface area is 157 Å². The summed E-state index contributed by atoms with van der Waals surface area (Å²) in [6, 6.07) is 2.82. The first-order valence-electron chi connectivity index (χ1n) is 9.07. The molecule has 1 heterocycles. The fraction of sp³-hybridized carbons (Fsp3) is 0.579. The Morgan fingerprint density at radius 3 is 2.48 bits per heavy atom. The van der Waals surface area contributed by atoms with Crippen molar-refractivity contribution < 1.29 is 27.2 Å². The van der Waals surface area contributed by atoms with Crippen molar-refractivity contribution in [1.29, 1.82) is 0 Å². The lowest BCUT2D eigenvalue weighted by molar-refractivity contribution is -0.141. The second-order valence-electron chi connectivity index (χ2n) is 5.94. The SMILES string of the molecule is CC.CCCc1c(OCCCC(=O)N(C)C)ccc2c(C(F)(F)F)noc12. The first kappa shape index (κ1) is 22.8. The topological polar surface area (TPSA) is 55.6 Å². The van der Waals surface area contributed by atoms with E-state index in [9.17, 15) is 18.0 Å². The molecule has 27 heavy (non-hydrogen) atoms. The van der Waals surface area contributed by atoms with Gasteiger partial charge in [-0.1, -0.05) is 32.3 Å². The van der Waals surface area contributed by atoms with Crippen LogP contribution in [-0.4, -0.2) is 36.7 Å². The monoisotopic (exact) mass is 388 g/mol. The van der Waals surface area contributed by atoms with Gasteiger partial charge in [-0.05, 0) is 25.0 Å². The molecule has 0 unspecified atom stereocenters. The molecule has 0 aliphatic rings. The Hall–Kier alpha value is -2.25. The molecule has 0 aliphatic heterocycles. The smallest absolute Gasteiger partial charge is 0.437 e. The molecule has 8 heteroatoms. The number of nitrogens with zero attached hydrogens (tertiary/aromatic N) is 2. The molecule has 0 bridgehead atoms. The fourth-order valence-corrected chi connectivity index (χ4v) is 2.50. The lowest BCUT2D eigenvalue weighted by Crippen LogP contribution is -2.21. The zero-order chi connectivity index (χ0) is 20.6. The van der Waals surface area contributed by atoms with Gasteiger partial charge in [0.2, 0.25) is 5.91 Å². The largest absolute Gasteiger partial charge is 0.493 e. The predicted octanol–water partition coefficient (Wildman–Crippen LogP) is 5.07. The number of aromatic nitrogens is 1. The summed E-state index contributed by atoms with van der Waals surface area (Å²) in [6.07, 6.45) is -2.47. The molecule has 0 saturated heterocycles. The maximum Gasteiger partial charge on any atom is 0.437 e. The molecule has 0 fully saturated rings. The molecular weight excluding hydrogens is 361 g/mol. The summed E-state index contributed by atoms with van der Waals surface area (Å²) in [5, 5.41) is 3.12. The first-order valence-corrected chi connectivity index (χ1v) is 9.07. The van der Waals surface area contributed by atoms with Gasteiger partial charge in [0.05, 0.1) is 12.0 Å². The minimum Gasteiger partial charge on any atom is -0.493 e. The van der Waals surface area contributed by atoms with E-state index in [0.717, 1.165) is 6.42 Å². The molecular formula is C19H27F3N2O3. The lowest BCUT2D eigenvalue weighted by atomic mass is 10.0. The van der Waals surface area contributed by atoms with Crippen molar-refractivity contribution in [3.63, 3.8) is 0 Å². The Kier molecular flexibility index (Phi) is 8.59. The van der Waals surface area contributed by atoms with Gasteiger partial charge in [-0.2, -0.15) is 13.2 Å². The number of alkyl halides is 3. The fourth-order valence-electron chi connectivity index (χ4n) is 2.50. The van der Waals surface area contributed by atoms with Gasteiger partial charge < -0.3 is 14.2 Å². The van der Waals surface area contributed by atoms with E-state index in [-0.39, 0.29) is 16.9 Å². The molecule has 152 valence electrons. The number of carbonyl (C=O) groups excluding carboxylic acids is 1. The number of hydrogen-bond donors (Lipinski definition) is 0. The summed E-state index contributed by atoms with van der Waals surface area (Å²) < 4.78 is 49.6. The van der Waals surface area contributed by atoms with Crippen LogP contribution in [0.5, 0.6) is 5.75 Å². The number of carbonyl (C=O) groups is 1. The van der Waals surface area contributed by atoms with Crippen molar-refractivity contribution in [1.82, 2.24) is 10.1 Å². The van der Waals surface area contributed by atoms with Crippen LogP contribution in [-0.2, 0) is 17.4 Å². The van der Waals surface area contributed by atoms with E-state index >= 15 is 0 Å². The van der Waals surface area contributed by atoms with Crippen LogP contribution in [0.4, 0.5) is 13.2 Å². The van der Waals surface area contributed by atoms with E-state index < -0.39 is 11.9 Å². The molecule has 0 saturated carbocycles. The predicted molar refractivity (Wildman–Crippen MR) is 97.8 cm³/mol. The van der Waals surface area contributed by atoms with Crippen LogP contribution in [0.25, 0.3) is 11.0 Å². The number of amides is 1. The third kappa shape index (κ3) is 5.87. The van der Waals surface area contributed by atoms with Crippen LogP contribution in [0, 0.1) is 0 Å². The molecule has 0 radical (unpaired) electrons. The number of aryl methyl sites for hydroxylation is 1. The highest BCUT2D eigenvalue weighted by molar-refractivity contribution is 5.85. The van der Waals surface area contributed by atoms with Gasteiger partial charge in [0, 0.05) is 26.1 Å². The normalized spacial score (nSPS) is 11.1. The Morgan fingerprint density at radius 1 is 1.26 bits per heavy atom. The van der Waals surface area contributed by atoms with Crippen molar-refractivity contribution in [2.75, 3.05) is 20.7 Å². The van der Waals surface area contributed by atoms with E-state index in [4.69, 9.17) is 9.26 Å². The lowest BCUT2D eigenvalue weighted by Gasteiger charge is -2.13. The van der Waals surface area contributed by atoms with Crippen molar-refractivity contribution >= 4 is 16.9 Å². The van der Waals surface area contributed by atoms with Gasteiger partial charge in [-0.25, -0.2) is 0 Å². The van der Waals surface area contributed by atoms with Crippen LogP contribution in [0.15, 0.2) is 16.7 Å². The molecule has 0 spiro atoms. The Morgan fingerprint density at radius 2 is 1.93 bits per heavy atom. The van der Waals surface area contributed by atoms with Gasteiger partial charge in [-0.15, -0.1) is 0 Å². The van der Waals surface area contributed by atoms with Crippen molar-refractivity contribution in [2.24, 2.45) is 0 Å². The highest BCUT2D eigenvalue weighted by Gasteiger charge is 2.37. The minimum absolute atomic E-state index is 0.00196.